The fourth-order valence-electron chi connectivity index (χ4n) is 3.06. The molecule has 0 aliphatic carbocycles. The molecule has 21 heavy (non-hydrogen) atoms. The Labute approximate surface area is 125 Å². The summed E-state index contributed by atoms with van der Waals surface area (Å²) in [5, 5.41) is 19.8. The van der Waals surface area contributed by atoms with Gasteiger partial charge < -0.3 is 15.1 Å². The maximum atomic E-state index is 10.1. The van der Waals surface area contributed by atoms with Gasteiger partial charge in [-0.1, -0.05) is 18.2 Å². The molecule has 110 valence electrons. The van der Waals surface area contributed by atoms with Gasteiger partial charge in [0.2, 0.25) is 0 Å². The van der Waals surface area contributed by atoms with Crippen molar-refractivity contribution in [2.75, 3.05) is 13.6 Å². The van der Waals surface area contributed by atoms with Crippen molar-refractivity contribution in [2.45, 2.75) is 25.8 Å². The van der Waals surface area contributed by atoms with Crippen LogP contribution in [0.2, 0.25) is 0 Å². The Hall–Kier alpha value is -2.00. The van der Waals surface area contributed by atoms with E-state index < -0.39 is 0 Å². The summed E-state index contributed by atoms with van der Waals surface area (Å²) in [5.41, 5.74) is 4.74. The SMILES string of the molecule is CN1CCc2ccc(O)cc2CCc2cccc(O)c2C1. The molecular weight excluding hydrogens is 262 g/mol. The number of fused-ring (bicyclic) bond motifs is 2. The minimum atomic E-state index is 0.329. The van der Waals surface area contributed by atoms with Crippen LogP contribution in [0.4, 0.5) is 0 Å². The summed E-state index contributed by atoms with van der Waals surface area (Å²) in [7, 11) is 2.08. The average molecular weight is 283 g/mol. The summed E-state index contributed by atoms with van der Waals surface area (Å²) in [6.07, 6.45) is 2.74. The summed E-state index contributed by atoms with van der Waals surface area (Å²) in [6, 6.07) is 11.4. The van der Waals surface area contributed by atoms with Gasteiger partial charge in [0, 0.05) is 18.7 Å². The molecule has 1 heterocycles. The molecule has 1 aliphatic heterocycles. The first kappa shape index (κ1) is 14.0. The zero-order valence-electron chi connectivity index (χ0n) is 12.3. The first-order valence-electron chi connectivity index (χ1n) is 7.42. The number of likely N-dealkylation sites (N-methyl/N-ethyl adjacent to an activating group) is 1. The number of rotatable bonds is 0. The second kappa shape index (κ2) is 5.78. The van der Waals surface area contributed by atoms with E-state index in [2.05, 4.69) is 18.0 Å². The molecule has 0 radical (unpaired) electrons. The van der Waals surface area contributed by atoms with Crippen molar-refractivity contribution < 1.29 is 10.2 Å². The molecule has 0 saturated heterocycles. The van der Waals surface area contributed by atoms with E-state index in [9.17, 15) is 10.2 Å². The molecule has 3 rings (SSSR count). The number of aryl methyl sites for hydroxylation is 2. The number of phenols is 2. The Kier molecular flexibility index (Phi) is 3.84. The maximum Gasteiger partial charge on any atom is 0.120 e. The highest BCUT2D eigenvalue weighted by atomic mass is 16.3. The van der Waals surface area contributed by atoms with Gasteiger partial charge in [0.15, 0.2) is 0 Å². The van der Waals surface area contributed by atoms with Crippen molar-refractivity contribution in [1.82, 2.24) is 4.90 Å². The van der Waals surface area contributed by atoms with Crippen molar-refractivity contribution in [1.29, 1.82) is 0 Å². The Morgan fingerprint density at radius 2 is 1.71 bits per heavy atom. The van der Waals surface area contributed by atoms with Crippen LogP contribution in [-0.4, -0.2) is 28.7 Å². The molecule has 2 aromatic rings. The van der Waals surface area contributed by atoms with Crippen LogP contribution in [0.1, 0.15) is 22.3 Å². The van der Waals surface area contributed by atoms with Gasteiger partial charge in [0.1, 0.15) is 11.5 Å². The number of hydrogen-bond donors (Lipinski definition) is 2. The van der Waals surface area contributed by atoms with Crippen LogP contribution in [0.5, 0.6) is 11.5 Å². The van der Waals surface area contributed by atoms with Crippen LogP contribution in [0.3, 0.4) is 0 Å². The summed E-state index contributed by atoms with van der Waals surface area (Å²) in [6.45, 7) is 1.71. The summed E-state index contributed by atoms with van der Waals surface area (Å²) < 4.78 is 0. The molecule has 2 aromatic carbocycles. The lowest BCUT2D eigenvalue weighted by atomic mass is 9.94. The predicted molar refractivity (Wildman–Crippen MR) is 83.7 cm³/mol. The maximum absolute atomic E-state index is 10.1. The molecule has 0 atom stereocenters. The molecule has 0 saturated carbocycles. The third kappa shape index (κ3) is 3.03. The number of phenolic OH excluding ortho intramolecular Hbond substituents is 2. The lowest BCUT2D eigenvalue weighted by Crippen LogP contribution is -2.23. The Morgan fingerprint density at radius 1 is 0.905 bits per heavy atom. The fraction of sp³-hybridized carbons (Fsp3) is 0.333. The van der Waals surface area contributed by atoms with Gasteiger partial charge in [0.05, 0.1) is 0 Å². The van der Waals surface area contributed by atoms with Crippen molar-refractivity contribution in [3.8, 4) is 11.5 Å². The molecule has 3 heteroatoms. The van der Waals surface area contributed by atoms with Gasteiger partial charge in [0.25, 0.3) is 0 Å². The molecule has 0 fully saturated rings. The highest BCUT2D eigenvalue weighted by Gasteiger charge is 2.14. The number of aromatic hydroxyl groups is 2. The minimum absolute atomic E-state index is 0.329. The second-order valence-corrected chi connectivity index (χ2v) is 5.86. The standard InChI is InChI=1S/C18H21NO2/c1-19-10-9-13-7-8-16(20)11-15(13)6-5-14-3-2-4-18(21)17(14)12-19/h2-4,7-8,11,20-21H,5-6,9-10,12H2,1H3. The first-order chi connectivity index (χ1) is 10.1. The zero-order valence-corrected chi connectivity index (χ0v) is 12.3. The molecule has 0 spiro atoms. The number of nitrogens with zero attached hydrogens (tertiary/aromatic N) is 1. The Morgan fingerprint density at radius 3 is 2.57 bits per heavy atom. The molecule has 3 nitrogen and oxygen atoms in total. The molecular formula is C18H21NO2. The van der Waals surface area contributed by atoms with E-state index in [0.717, 1.165) is 37.9 Å². The molecule has 0 unspecified atom stereocenters. The van der Waals surface area contributed by atoms with Gasteiger partial charge in [-0.3, -0.25) is 0 Å². The van der Waals surface area contributed by atoms with Crippen molar-refractivity contribution in [3.05, 3.63) is 58.7 Å². The molecule has 2 N–H and O–H groups in total. The van der Waals surface area contributed by atoms with Crippen LogP contribution in [-0.2, 0) is 25.8 Å². The molecule has 0 bridgehead atoms. The molecule has 0 aromatic heterocycles. The Bertz CT molecular complexity index is 652. The van der Waals surface area contributed by atoms with Crippen LogP contribution < -0.4 is 0 Å². The molecule has 0 amide bonds. The first-order valence-corrected chi connectivity index (χ1v) is 7.42. The van der Waals surface area contributed by atoms with Crippen LogP contribution >= 0.6 is 0 Å². The largest absolute Gasteiger partial charge is 0.508 e. The Balaban J connectivity index is 1.99. The van der Waals surface area contributed by atoms with Gasteiger partial charge in [-0.2, -0.15) is 0 Å². The van der Waals surface area contributed by atoms with Gasteiger partial charge in [-0.05, 0) is 61.2 Å². The third-order valence-electron chi connectivity index (χ3n) is 4.29. The second-order valence-electron chi connectivity index (χ2n) is 5.86. The van der Waals surface area contributed by atoms with Crippen LogP contribution in [0.25, 0.3) is 0 Å². The third-order valence-corrected chi connectivity index (χ3v) is 4.29. The van der Waals surface area contributed by atoms with E-state index in [1.807, 2.05) is 18.2 Å². The van der Waals surface area contributed by atoms with Crippen molar-refractivity contribution in [3.63, 3.8) is 0 Å². The highest BCUT2D eigenvalue weighted by Crippen LogP contribution is 2.27. The monoisotopic (exact) mass is 283 g/mol. The summed E-state index contributed by atoms with van der Waals surface area (Å²) >= 11 is 0. The number of benzene rings is 2. The smallest absolute Gasteiger partial charge is 0.120 e. The van der Waals surface area contributed by atoms with Crippen LogP contribution in [0.15, 0.2) is 36.4 Å². The van der Waals surface area contributed by atoms with E-state index in [1.165, 1.54) is 16.7 Å². The van der Waals surface area contributed by atoms with Gasteiger partial charge in [-0.15, -0.1) is 0 Å². The van der Waals surface area contributed by atoms with E-state index in [0.29, 0.717) is 11.5 Å². The minimum Gasteiger partial charge on any atom is -0.508 e. The summed E-state index contributed by atoms with van der Waals surface area (Å²) in [4.78, 5) is 2.24. The van der Waals surface area contributed by atoms with E-state index in [4.69, 9.17) is 0 Å². The van der Waals surface area contributed by atoms with Crippen LogP contribution in [0, 0.1) is 0 Å². The van der Waals surface area contributed by atoms with Gasteiger partial charge in [-0.25, -0.2) is 0 Å². The topological polar surface area (TPSA) is 43.7 Å². The van der Waals surface area contributed by atoms with Gasteiger partial charge >= 0.3 is 0 Å². The van der Waals surface area contributed by atoms with E-state index in [1.54, 1.807) is 12.1 Å². The quantitative estimate of drug-likeness (QED) is 0.781. The van der Waals surface area contributed by atoms with Crippen molar-refractivity contribution in [2.24, 2.45) is 0 Å². The predicted octanol–water partition coefficient (Wildman–Crippen LogP) is 2.87. The van der Waals surface area contributed by atoms with E-state index >= 15 is 0 Å². The van der Waals surface area contributed by atoms with Crippen molar-refractivity contribution >= 4 is 0 Å². The lowest BCUT2D eigenvalue weighted by molar-refractivity contribution is 0.321. The average Bonchev–Trinajstić information content (AvgIpc) is 2.46. The summed E-state index contributed by atoms with van der Waals surface area (Å²) in [5.74, 6) is 0.714. The fourth-order valence-corrected chi connectivity index (χ4v) is 3.06. The number of hydrogen-bond acceptors (Lipinski definition) is 3. The zero-order chi connectivity index (χ0) is 14.8. The highest BCUT2D eigenvalue weighted by molar-refractivity contribution is 5.41. The normalized spacial score (nSPS) is 16.0. The molecule has 1 aliphatic rings. The van der Waals surface area contributed by atoms with E-state index in [-0.39, 0.29) is 0 Å². The lowest BCUT2D eigenvalue weighted by Gasteiger charge is -2.22.